The number of anilines is 4. The van der Waals surface area contributed by atoms with Gasteiger partial charge in [-0.1, -0.05) is 48.5 Å². The number of rotatable bonds is 4. The van der Waals surface area contributed by atoms with Gasteiger partial charge < -0.3 is 79.8 Å². The van der Waals surface area contributed by atoms with Crippen molar-refractivity contribution in [2.45, 2.75) is 20.2 Å². The van der Waals surface area contributed by atoms with Crippen LogP contribution in [0.1, 0.15) is 0 Å². The number of hydrogen-bond donors (Lipinski definition) is 8. The standard InChI is InChI=1S/4C8H7NO3S.W/c4*10-7(11)8(13)9-5-3-1-2-4-6(5)12-8;/h4*1-4,9,13H,(H,10,11);/q;;;;+4/p-4. The van der Waals surface area contributed by atoms with Crippen LogP contribution in [0.4, 0.5) is 22.7 Å². The molecule has 4 N–H and O–H groups in total. The van der Waals surface area contributed by atoms with E-state index in [0.29, 0.717) is 45.7 Å². The molecule has 4 unspecified atom stereocenters. The van der Waals surface area contributed by atoms with E-state index in [4.69, 9.17) is 18.9 Å². The number of thiol groups is 4. The second-order valence-electron chi connectivity index (χ2n) is 10.6. The Hall–Kier alpha value is -4.75. The zero-order valence-electron chi connectivity index (χ0n) is 26.3. The van der Waals surface area contributed by atoms with Crippen molar-refractivity contribution in [3.8, 4) is 23.0 Å². The minimum Gasteiger partial charge on any atom is -0.543 e. The van der Waals surface area contributed by atoms with Crippen molar-refractivity contribution in [2.24, 2.45) is 0 Å². The number of carbonyl (C=O) groups excluding carboxylic acids is 4. The van der Waals surface area contributed by atoms with Gasteiger partial charge in [0.2, 0.25) is 0 Å². The minimum atomic E-state index is -1.75. The topological polar surface area (TPSA) is 246 Å². The molecule has 16 nitrogen and oxygen atoms in total. The van der Waals surface area contributed by atoms with Crippen molar-refractivity contribution in [1.29, 1.82) is 0 Å². The Bertz CT molecular complexity index is 1660. The largest absolute Gasteiger partial charge is 4.00 e. The molecule has 8 rings (SSSR count). The van der Waals surface area contributed by atoms with Crippen molar-refractivity contribution in [3.63, 3.8) is 0 Å². The molecule has 0 aromatic heterocycles. The van der Waals surface area contributed by atoms with E-state index in [2.05, 4.69) is 71.8 Å². The summed E-state index contributed by atoms with van der Waals surface area (Å²) in [6, 6.07) is 27.5. The van der Waals surface area contributed by atoms with Crippen LogP contribution in [0.25, 0.3) is 0 Å². The first-order valence-electron chi connectivity index (χ1n) is 14.5. The molecule has 0 radical (unpaired) electrons. The predicted molar refractivity (Wildman–Crippen MR) is 190 cm³/mol. The van der Waals surface area contributed by atoms with E-state index in [1.165, 1.54) is 0 Å². The molecule has 53 heavy (non-hydrogen) atoms. The fourth-order valence-electron chi connectivity index (χ4n) is 4.48. The number of ether oxygens (including phenoxy) is 4. The first-order valence-corrected chi connectivity index (χ1v) is 16.3. The second kappa shape index (κ2) is 16.1. The van der Waals surface area contributed by atoms with Crippen LogP contribution in [0.15, 0.2) is 97.1 Å². The SMILES string of the molecule is O=C([O-])C1(S)Nc2ccccc2O1.O=C([O-])C1(S)Nc2ccccc2O1.O=C([O-])C1(S)Nc2ccccc2O1.O=C([O-])C1(S)Nc2ccccc2O1.[W+4]. The summed E-state index contributed by atoms with van der Waals surface area (Å²) in [6.45, 7) is 0. The van der Waals surface area contributed by atoms with E-state index in [9.17, 15) is 39.6 Å². The molecule has 0 bridgehead atoms. The van der Waals surface area contributed by atoms with Gasteiger partial charge in [-0.3, -0.25) is 0 Å². The van der Waals surface area contributed by atoms with Gasteiger partial charge in [-0.2, -0.15) is 0 Å². The fourth-order valence-corrected chi connectivity index (χ4v) is 5.35. The van der Waals surface area contributed by atoms with Gasteiger partial charge in [0.1, 0.15) is 46.9 Å². The van der Waals surface area contributed by atoms with Gasteiger partial charge in [0.05, 0.1) is 22.7 Å². The van der Waals surface area contributed by atoms with E-state index in [1.54, 1.807) is 97.1 Å². The number of carboxylic acid groups (broad SMARTS) is 4. The van der Waals surface area contributed by atoms with Crippen LogP contribution in [0, 0.1) is 0 Å². The molecule has 21 heteroatoms. The van der Waals surface area contributed by atoms with E-state index in [1.807, 2.05) is 0 Å². The molecular weight excluding hydrogens is 944 g/mol. The monoisotopic (exact) mass is 968 g/mol. The Balaban J connectivity index is 0.000000157. The Morgan fingerprint density at radius 3 is 0.717 bits per heavy atom. The summed E-state index contributed by atoms with van der Waals surface area (Å²) in [4.78, 5) is 42.5. The first kappa shape index (κ1) is 41.0. The van der Waals surface area contributed by atoms with Crippen LogP contribution in [0.5, 0.6) is 23.0 Å². The molecule has 0 saturated heterocycles. The summed E-state index contributed by atoms with van der Waals surface area (Å²) in [6.07, 6.45) is 0. The Kier molecular flexibility index (Phi) is 12.5. The number of benzene rings is 4. The Morgan fingerprint density at radius 1 is 0.396 bits per heavy atom. The quantitative estimate of drug-likeness (QED) is 0.118. The van der Waals surface area contributed by atoms with Crippen molar-refractivity contribution in [3.05, 3.63) is 97.1 Å². The number of hydrogen-bond acceptors (Lipinski definition) is 20. The third-order valence-corrected chi connectivity index (χ3v) is 8.44. The summed E-state index contributed by atoms with van der Waals surface area (Å²) in [7, 11) is 0. The number of aliphatic carboxylic acids is 4. The number of para-hydroxylation sites is 8. The summed E-state index contributed by atoms with van der Waals surface area (Å²) in [5, 5.41) is 45.8. The van der Waals surface area contributed by atoms with E-state index >= 15 is 0 Å². The van der Waals surface area contributed by atoms with Crippen molar-refractivity contribution >= 4 is 97.1 Å². The van der Waals surface area contributed by atoms with Gasteiger partial charge in [0.25, 0.3) is 20.2 Å². The molecule has 4 heterocycles. The third-order valence-electron chi connectivity index (χ3n) is 6.90. The van der Waals surface area contributed by atoms with Crippen molar-refractivity contribution < 1.29 is 79.6 Å². The third kappa shape index (κ3) is 9.07. The molecule has 4 atom stereocenters. The summed E-state index contributed by atoms with van der Waals surface area (Å²) in [5.41, 5.74) is 2.40. The number of carbonyl (C=O) groups is 4. The van der Waals surface area contributed by atoms with Crippen LogP contribution in [0.2, 0.25) is 0 Å². The van der Waals surface area contributed by atoms with Gasteiger partial charge >= 0.3 is 21.1 Å². The maximum Gasteiger partial charge on any atom is 4.00 e. The average molecular weight is 969 g/mol. The molecule has 4 aliphatic heterocycles. The van der Waals surface area contributed by atoms with Gasteiger partial charge in [0.15, 0.2) is 0 Å². The van der Waals surface area contributed by atoms with Gasteiger partial charge in [-0.05, 0) is 48.5 Å². The fraction of sp³-hybridized carbons (Fsp3) is 0.125. The molecule has 4 aliphatic rings. The van der Waals surface area contributed by atoms with E-state index in [0.717, 1.165) is 0 Å². The first-order chi connectivity index (χ1) is 24.5. The number of nitrogens with one attached hydrogen (secondary N) is 4. The molecule has 4 aromatic carbocycles. The second-order valence-corrected chi connectivity index (χ2v) is 13.1. The smallest absolute Gasteiger partial charge is 0.543 e. The molecule has 0 aliphatic carbocycles. The number of carboxylic acids is 4. The number of fused-ring (bicyclic) bond motifs is 4. The maximum absolute atomic E-state index is 10.6. The molecular formula is C32H24N4O12S4W. The minimum absolute atomic E-state index is 0. The summed E-state index contributed by atoms with van der Waals surface area (Å²) < 4.78 is 20.2. The average Bonchev–Trinajstić information content (AvgIpc) is 3.84. The Labute approximate surface area is 336 Å². The van der Waals surface area contributed by atoms with E-state index < -0.39 is 44.1 Å². The van der Waals surface area contributed by atoms with Gasteiger partial charge in [-0.15, -0.1) is 50.5 Å². The van der Waals surface area contributed by atoms with Crippen LogP contribution < -0.4 is 60.6 Å². The summed E-state index contributed by atoms with van der Waals surface area (Å²) in [5.74, 6) is -3.80. The van der Waals surface area contributed by atoms with Crippen molar-refractivity contribution in [1.82, 2.24) is 0 Å². The predicted octanol–water partition coefficient (Wildman–Crippen LogP) is -0.705. The van der Waals surface area contributed by atoms with Crippen LogP contribution in [-0.4, -0.2) is 44.1 Å². The maximum atomic E-state index is 10.6. The van der Waals surface area contributed by atoms with Crippen LogP contribution in [0.3, 0.4) is 0 Å². The van der Waals surface area contributed by atoms with Crippen LogP contribution >= 0.6 is 50.5 Å². The van der Waals surface area contributed by atoms with Crippen LogP contribution in [-0.2, 0) is 40.2 Å². The molecule has 0 fully saturated rings. The molecule has 0 spiro atoms. The normalized spacial score (nSPS) is 23.9. The zero-order valence-corrected chi connectivity index (χ0v) is 32.8. The summed E-state index contributed by atoms with van der Waals surface area (Å²) >= 11 is 15.3. The zero-order chi connectivity index (χ0) is 37.9. The molecule has 4 aromatic rings. The van der Waals surface area contributed by atoms with Crippen molar-refractivity contribution in [2.75, 3.05) is 21.3 Å². The van der Waals surface area contributed by atoms with Gasteiger partial charge in [0, 0.05) is 0 Å². The molecule has 274 valence electrons. The van der Waals surface area contributed by atoms with E-state index in [-0.39, 0.29) is 21.1 Å². The Morgan fingerprint density at radius 2 is 0.566 bits per heavy atom. The van der Waals surface area contributed by atoms with Gasteiger partial charge in [-0.25, -0.2) is 0 Å². The molecule has 0 saturated carbocycles. The molecule has 0 amide bonds.